The number of sulfonamides is 1. The molecule has 1 fully saturated rings. The van der Waals surface area contributed by atoms with Crippen LogP contribution in [0, 0.1) is 12.8 Å². The average molecular weight is 649 g/mol. The van der Waals surface area contributed by atoms with Gasteiger partial charge in [0.25, 0.3) is 0 Å². The second kappa shape index (κ2) is 19.1. The van der Waals surface area contributed by atoms with E-state index in [2.05, 4.69) is 71.0 Å². The molecule has 10 nitrogen and oxygen atoms in total. The second-order valence-electron chi connectivity index (χ2n) is 9.88. The minimum Gasteiger partial charge on any atom is -0.492 e. The molecule has 0 amide bonds. The lowest BCUT2D eigenvalue weighted by molar-refractivity contribution is 0.182. The Hall–Kier alpha value is -3.35. The number of likely N-dealkylation sites (tertiary alicyclic amines) is 1. The van der Waals surface area contributed by atoms with Crippen LogP contribution in [0.5, 0.6) is 5.75 Å². The van der Waals surface area contributed by atoms with Crippen molar-refractivity contribution in [3.8, 4) is 29.0 Å². The number of hydrogen-bond donors (Lipinski definition) is 2. The Bertz CT molecular complexity index is 1520. The van der Waals surface area contributed by atoms with E-state index in [4.69, 9.17) is 4.74 Å². The van der Waals surface area contributed by atoms with Crippen LogP contribution in [0.25, 0.3) is 20.5 Å². The molecule has 5 rings (SSSR count). The third-order valence-corrected chi connectivity index (χ3v) is 8.93. The number of aliphatic hydroxyl groups excluding tert-OH is 1. The molecule has 242 valence electrons. The highest BCUT2D eigenvalue weighted by molar-refractivity contribution is 7.88. The quantitative estimate of drug-likeness (QED) is 0.234. The van der Waals surface area contributed by atoms with Gasteiger partial charge in [0.15, 0.2) is 0 Å². The highest BCUT2D eigenvalue weighted by atomic mass is 32.2. The molecular weight excluding hydrogens is 604 g/mol. The fourth-order valence-corrected chi connectivity index (χ4v) is 6.61. The summed E-state index contributed by atoms with van der Waals surface area (Å²) in [5.74, 6) is 0.905. The summed E-state index contributed by atoms with van der Waals surface area (Å²) in [6.07, 6.45) is 11.6. The Balaban J connectivity index is 0.00000302. The van der Waals surface area contributed by atoms with Crippen LogP contribution in [0.4, 0.5) is 0 Å². The molecule has 4 aromatic rings. The van der Waals surface area contributed by atoms with Crippen molar-refractivity contribution in [2.75, 3.05) is 39.0 Å². The molecule has 2 heterocycles. The molecule has 44 heavy (non-hydrogen) atoms. The van der Waals surface area contributed by atoms with Crippen LogP contribution in [-0.4, -0.2) is 79.4 Å². The lowest BCUT2D eigenvalue weighted by Gasteiger charge is -2.15. The maximum atomic E-state index is 11.4. The van der Waals surface area contributed by atoms with E-state index in [1.807, 2.05) is 24.3 Å². The van der Waals surface area contributed by atoms with Gasteiger partial charge < -0.3 is 31.7 Å². The molecule has 0 radical (unpaired) electrons. The maximum absolute atomic E-state index is 11.4. The predicted molar refractivity (Wildman–Crippen MR) is 180 cm³/mol. The first kappa shape index (κ1) is 40.6. The Morgan fingerprint density at radius 2 is 1.55 bits per heavy atom. The third kappa shape index (κ3) is 11.0. The van der Waals surface area contributed by atoms with Crippen LogP contribution in [0.3, 0.4) is 0 Å². The molecule has 3 aromatic carbocycles. The maximum Gasteiger partial charge on any atom is 0.208 e. The fraction of sp³-hybridized carbons (Fsp3) is 0.312. The third-order valence-electron chi connectivity index (χ3n) is 6.97. The molecule has 10 N–H and O–H groups in total. The Morgan fingerprint density at radius 1 is 0.932 bits per heavy atom. The van der Waals surface area contributed by atoms with Crippen LogP contribution in [0.1, 0.15) is 35.6 Å². The summed E-state index contributed by atoms with van der Waals surface area (Å²) < 4.78 is 32.3. The number of aliphatic hydroxyl groups is 1. The largest absolute Gasteiger partial charge is 0.492 e. The first-order valence-corrected chi connectivity index (χ1v) is 16.1. The normalized spacial score (nSPS) is 13.2. The van der Waals surface area contributed by atoms with Gasteiger partial charge in [-0.2, -0.15) is 0 Å². The molecule has 0 bridgehead atoms. The number of ether oxygens (including phenoxy) is 1. The standard InChI is InChI=1S/C30H34N2O4S2.C2H2.4H2O/c1-38(34,35)31-21-28(33)23-10-12-24(13-11-23)30-27(26-6-2-3-7-29(26)37-30)20-22-8-14-25(15-9-22)36-19-18-32-16-4-5-17-32;1-2;;;;/h2-3,6-15,28,31,33H,4-5,16-21H2,1H3;1-2H;4*1H2. The smallest absolute Gasteiger partial charge is 0.208 e. The Morgan fingerprint density at radius 3 is 2.16 bits per heavy atom. The van der Waals surface area contributed by atoms with E-state index in [0.717, 1.165) is 30.5 Å². The summed E-state index contributed by atoms with van der Waals surface area (Å²) in [4.78, 5) is 3.66. The second-order valence-corrected chi connectivity index (χ2v) is 12.8. The van der Waals surface area contributed by atoms with Crippen LogP contribution >= 0.6 is 11.3 Å². The van der Waals surface area contributed by atoms with E-state index in [9.17, 15) is 13.5 Å². The van der Waals surface area contributed by atoms with Gasteiger partial charge >= 0.3 is 0 Å². The summed E-state index contributed by atoms with van der Waals surface area (Å²) >= 11 is 1.77. The number of benzene rings is 3. The molecule has 12 heteroatoms. The van der Waals surface area contributed by atoms with E-state index in [1.54, 1.807) is 11.3 Å². The minimum atomic E-state index is -3.36. The van der Waals surface area contributed by atoms with Crippen molar-refractivity contribution in [1.82, 2.24) is 9.62 Å². The minimum absolute atomic E-state index is 0. The molecule has 1 unspecified atom stereocenters. The van der Waals surface area contributed by atoms with Gasteiger partial charge in [-0.1, -0.05) is 54.6 Å². The highest BCUT2D eigenvalue weighted by Crippen LogP contribution is 2.40. The van der Waals surface area contributed by atoms with Gasteiger partial charge in [0.2, 0.25) is 10.0 Å². The highest BCUT2D eigenvalue weighted by Gasteiger charge is 2.16. The number of hydrogen-bond acceptors (Lipinski definition) is 6. The first-order chi connectivity index (χ1) is 19.4. The lowest BCUT2D eigenvalue weighted by atomic mass is 9.98. The van der Waals surface area contributed by atoms with E-state index in [1.165, 1.54) is 52.0 Å². The summed E-state index contributed by atoms with van der Waals surface area (Å²) in [5, 5.41) is 11.7. The molecule has 0 aliphatic carbocycles. The van der Waals surface area contributed by atoms with Crippen LogP contribution in [0.15, 0.2) is 72.8 Å². The van der Waals surface area contributed by atoms with E-state index >= 15 is 0 Å². The van der Waals surface area contributed by atoms with E-state index in [-0.39, 0.29) is 28.4 Å². The lowest BCUT2D eigenvalue weighted by Crippen LogP contribution is -2.27. The van der Waals surface area contributed by atoms with Crippen molar-refractivity contribution in [3.05, 3.63) is 89.5 Å². The molecule has 0 spiro atoms. The molecule has 1 aliphatic heterocycles. The monoisotopic (exact) mass is 648 g/mol. The number of terminal acetylenes is 1. The van der Waals surface area contributed by atoms with Crippen LogP contribution in [0.2, 0.25) is 0 Å². The molecule has 1 aliphatic rings. The molecule has 0 saturated carbocycles. The number of nitrogens with one attached hydrogen (secondary N) is 1. The van der Waals surface area contributed by atoms with Gasteiger partial charge in [-0.05, 0) is 78.2 Å². The Labute approximate surface area is 263 Å². The SMILES string of the molecule is C#C.CS(=O)(=O)NCC(O)c1ccc(-c2sc3ccccc3c2Cc2ccc(OCCN3CCCC3)cc2)cc1.O.O.O.O. The summed E-state index contributed by atoms with van der Waals surface area (Å²) in [5.41, 5.74) is 4.25. The Kier molecular flexibility index (Phi) is 17.7. The van der Waals surface area contributed by atoms with Gasteiger partial charge in [-0.15, -0.1) is 24.2 Å². The molecule has 1 atom stereocenters. The van der Waals surface area contributed by atoms with E-state index < -0.39 is 16.1 Å². The van der Waals surface area contributed by atoms with Crippen molar-refractivity contribution in [2.45, 2.75) is 25.4 Å². The number of rotatable bonds is 11. The van der Waals surface area contributed by atoms with Crippen molar-refractivity contribution in [3.63, 3.8) is 0 Å². The number of thiophene rings is 1. The molecular formula is C32H44N2O8S2. The average Bonchev–Trinajstić information content (AvgIpc) is 3.62. The zero-order valence-electron chi connectivity index (χ0n) is 24.8. The first-order valence-electron chi connectivity index (χ1n) is 13.4. The zero-order valence-corrected chi connectivity index (χ0v) is 26.4. The van der Waals surface area contributed by atoms with Gasteiger partial charge in [-0.25, -0.2) is 13.1 Å². The topological polar surface area (TPSA) is 205 Å². The van der Waals surface area contributed by atoms with Crippen LogP contribution < -0.4 is 9.46 Å². The van der Waals surface area contributed by atoms with Crippen LogP contribution in [-0.2, 0) is 16.4 Å². The van der Waals surface area contributed by atoms with Gasteiger partial charge in [0.1, 0.15) is 12.4 Å². The van der Waals surface area contributed by atoms with Gasteiger partial charge in [0, 0.05) is 22.7 Å². The predicted octanol–water partition coefficient (Wildman–Crippen LogP) is 2.17. The number of fused-ring (bicyclic) bond motifs is 1. The fourth-order valence-electron chi connectivity index (χ4n) is 4.92. The summed E-state index contributed by atoms with van der Waals surface area (Å²) in [6, 6.07) is 24.6. The van der Waals surface area contributed by atoms with Gasteiger partial charge in [0.05, 0.1) is 12.4 Å². The van der Waals surface area contributed by atoms with Crippen molar-refractivity contribution in [2.24, 2.45) is 0 Å². The summed E-state index contributed by atoms with van der Waals surface area (Å²) in [6.45, 7) is 4.01. The van der Waals surface area contributed by atoms with Crippen molar-refractivity contribution >= 4 is 31.4 Å². The molecule has 1 aromatic heterocycles. The van der Waals surface area contributed by atoms with Gasteiger partial charge in [-0.3, -0.25) is 4.90 Å². The zero-order chi connectivity index (χ0) is 28.5. The van der Waals surface area contributed by atoms with E-state index in [0.29, 0.717) is 12.2 Å². The molecule has 1 saturated heterocycles. The summed E-state index contributed by atoms with van der Waals surface area (Å²) in [7, 11) is -3.36. The van der Waals surface area contributed by atoms with Crippen molar-refractivity contribution < 1.29 is 40.2 Å². The number of nitrogens with zero attached hydrogens (tertiary/aromatic N) is 1. The van der Waals surface area contributed by atoms with Crippen molar-refractivity contribution in [1.29, 1.82) is 0 Å².